The Morgan fingerprint density at radius 1 is 1.16 bits per heavy atom. The van der Waals surface area contributed by atoms with Crippen LogP contribution in [-0.4, -0.2) is 64.7 Å². The number of rotatable bonds is 3. The summed E-state index contributed by atoms with van der Waals surface area (Å²) < 4.78 is 5.28. The number of aromatic amines is 1. The fraction of sp³-hybridized carbons (Fsp3) is 0.538. The quantitative estimate of drug-likeness (QED) is 0.741. The number of fused-ring (bicyclic) bond motifs is 6. The molecule has 3 saturated heterocycles. The SMILES string of the molecule is COc1ccc(-c2[nH]ncc2C(=O)N2CCCC3=C[C@@H]4C[C@@H](CN5CCCC[C@H]45)[C@H]32)cc1. The first kappa shape index (κ1) is 20.0. The van der Waals surface area contributed by atoms with Crippen LogP contribution in [0, 0.1) is 11.8 Å². The third-order valence-corrected chi connectivity index (χ3v) is 8.17. The smallest absolute Gasteiger partial charge is 0.258 e. The molecule has 6 nitrogen and oxygen atoms in total. The van der Waals surface area contributed by atoms with Gasteiger partial charge in [0.15, 0.2) is 0 Å². The van der Waals surface area contributed by atoms with Crippen LogP contribution < -0.4 is 4.74 Å². The number of nitrogens with one attached hydrogen (secondary N) is 1. The highest BCUT2D eigenvalue weighted by Gasteiger charge is 2.47. The standard InChI is InChI=1S/C26H32N4O2/c1-32-21-9-7-17(8-10-21)24-22(15-27-28-24)26(31)30-12-4-5-18-13-19-14-20(25(18)30)16-29-11-3-2-6-23(19)29/h7-10,13,15,19-20,23,25H,2-6,11-12,14,16H2,1H3,(H,27,28)/t19-,20+,23-,25+/m1/s1. The van der Waals surface area contributed by atoms with Gasteiger partial charge in [0.05, 0.1) is 30.6 Å². The average Bonchev–Trinajstić information content (AvgIpc) is 3.33. The van der Waals surface area contributed by atoms with E-state index in [4.69, 9.17) is 4.74 Å². The molecule has 4 aliphatic rings. The van der Waals surface area contributed by atoms with Gasteiger partial charge < -0.3 is 9.64 Å². The lowest BCUT2D eigenvalue weighted by Gasteiger charge is -2.54. The molecule has 0 radical (unpaired) electrons. The molecule has 6 heteroatoms. The minimum Gasteiger partial charge on any atom is -0.497 e. The van der Waals surface area contributed by atoms with Gasteiger partial charge in [-0.2, -0.15) is 5.10 Å². The predicted octanol–water partition coefficient (Wildman–Crippen LogP) is 4.12. The maximum absolute atomic E-state index is 13.9. The molecule has 168 valence electrons. The Bertz CT molecular complexity index is 1030. The van der Waals surface area contributed by atoms with Gasteiger partial charge in [0.2, 0.25) is 0 Å². The Hall–Kier alpha value is -2.60. The first-order valence-corrected chi connectivity index (χ1v) is 12.2. The van der Waals surface area contributed by atoms with Crippen molar-refractivity contribution < 1.29 is 9.53 Å². The summed E-state index contributed by atoms with van der Waals surface area (Å²) in [6.07, 6.45) is 11.7. The Balaban J connectivity index is 1.31. The number of amides is 1. The van der Waals surface area contributed by atoms with Gasteiger partial charge in [-0.05, 0) is 74.8 Å². The second kappa shape index (κ2) is 8.07. The molecule has 4 atom stereocenters. The van der Waals surface area contributed by atoms with Crippen LogP contribution in [0.5, 0.6) is 5.75 Å². The number of likely N-dealkylation sites (tertiary alicyclic amines) is 1. The zero-order valence-corrected chi connectivity index (χ0v) is 18.8. The van der Waals surface area contributed by atoms with E-state index in [-0.39, 0.29) is 11.9 Å². The summed E-state index contributed by atoms with van der Waals surface area (Å²) in [5, 5.41) is 7.32. The molecule has 6 rings (SSSR count). The summed E-state index contributed by atoms with van der Waals surface area (Å²) in [7, 11) is 1.66. The van der Waals surface area contributed by atoms with Gasteiger partial charge in [0.1, 0.15) is 5.75 Å². The molecular formula is C26H32N4O2. The monoisotopic (exact) mass is 432 g/mol. The van der Waals surface area contributed by atoms with Crippen molar-refractivity contribution in [1.82, 2.24) is 20.0 Å². The zero-order chi connectivity index (χ0) is 21.7. The number of aromatic nitrogens is 2. The number of ether oxygens (including phenoxy) is 1. The molecule has 3 aliphatic heterocycles. The number of methoxy groups -OCH3 is 1. The van der Waals surface area contributed by atoms with Crippen LogP contribution in [0.3, 0.4) is 0 Å². The number of carbonyl (C=O) groups excluding carboxylic acids is 1. The molecule has 4 heterocycles. The number of H-pyrrole nitrogens is 1. The van der Waals surface area contributed by atoms with E-state index in [0.29, 0.717) is 17.4 Å². The number of nitrogens with zero attached hydrogens (tertiary/aromatic N) is 3. The summed E-state index contributed by atoms with van der Waals surface area (Å²) >= 11 is 0. The largest absolute Gasteiger partial charge is 0.497 e. The molecule has 2 aromatic rings. The normalized spacial score (nSPS) is 29.7. The minimum absolute atomic E-state index is 0.111. The van der Waals surface area contributed by atoms with Gasteiger partial charge >= 0.3 is 0 Å². The third kappa shape index (κ3) is 3.27. The van der Waals surface area contributed by atoms with Crippen LogP contribution >= 0.6 is 0 Å². The van der Waals surface area contributed by atoms with E-state index in [1.807, 2.05) is 24.3 Å². The highest BCUT2D eigenvalue weighted by atomic mass is 16.5. The Morgan fingerprint density at radius 3 is 2.88 bits per heavy atom. The Kier molecular flexibility index (Phi) is 5.05. The van der Waals surface area contributed by atoms with E-state index in [0.717, 1.165) is 49.0 Å². The molecule has 1 amide bonds. The van der Waals surface area contributed by atoms with Crippen LogP contribution in [-0.2, 0) is 0 Å². The number of hydrogen-bond donors (Lipinski definition) is 1. The van der Waals surface area contributed by atoms with E-state index >= 15 is 0 Å². The second-order valence-corrected chi connectivity index (χ2v) is 9.89. The third-order valence-electron chi connectivity index (χ3n) is 8.17. The van der Waals surface area contributed by atoms with Gasteiger partial charge in [-0.1, -0.05) is 18.1 Å². The van der Waals surface area contributed by atoms with Crippen molar-refractivity contribution in [2.24, 2.45) is 11.8 Å². The number of hydrogen-bond acceptors (Lipinski definition) is 4. The Labute approximate surface area is 189 Å². The second-order valence-electron chi connectivity index (χ2n) is 9.89. The molecule has 1 aliphatic carbocycles. The molecular weight excluding hydrogens is 400 g/mol. The topological polar surface area (TPSA) is 61.5 Å². The van der Waals surface area contributed by atoms with Gasteiger partial charge in [0.25, 0.3) is 5.91 Å². The van der Waals surface area contributed by atoms with E-state index in [9.17, 15) is 4.79 Å². The summed E-state index contributed by atoms with van der Waals surface area (Å²) in [6, 6.07) is 8.78. The van der Waals surface area contributed by atoms with E-state index in [1.54, 1.807) is 13.3 Å². The van der Waals surface area contributed by atoms with E-state index in [2.05, 4.69) is 26.1 Å². The zero-order valence-electron chi connectivity index (χ0n) is 18.8. The highest BCUT2D eigenvalue weighted by Crippen LogP contribution is 2.45. The van der Waals surface area contributed by atoms with E-state index in [1.165, 1.54) is 37.8 Å². The fourth-order valence-corrected chi connectivity index (χ4v) is 6.78. The van der Waals surface area contributed by atoms with Gasteiger partial charge in [-0.15, -0.1) is 0 Å². The molecule has 2 bridgehead atoms. The molecule has 1 N–H and O–H groups in total. The maximum atomic E-state index is 13.9. The minimum atomic E-state index is 0.111. The lowest BCUT2D eigenvalue weighted by molar-refractivity contribution is 0.00150. The van der Waals surface area contributed by atoms with Gasteiger partial charge in [0, 0.05) is 24.7 Å². The lowest BCUT2D eigenvalue weighted by Crippen LogP contribution is -2.60. The van der Waals surface area contributed by atoms with Crippen LogP contribution in [0.15, 0.2) is 42.1 Å². The molecule has 3 fully saturated rings. The van der Waals surface area contributed by atoms with Crippen LogP contribution in [0.1, 0.15) is 48.9 Å². The summed E-state index contributed by atoms with van der Waals surface area (Å²) in [6.45, 7) is 3.20. The van der Waals surface area contributed by atoms with Crippen LogP contribution in [0.25, 0.3) is 11.3 Å². The van der Waals surface area contributed by atoms with Crippen molar-refractivity contribution in [3.63, 3.8) is 0 Å². The average molecular weight is 433 g/mol. The fourth-order valence-electron chi connectivity index (χ4n) is 6.78. The molecule has 0 saturated carbocycles. The molecule has 32 heavy (non-hydrogen) atoms. The Morgan fingerprint density at radius 2 is 2.03 bits per heavy atom. The van der Waals surface area contributed by atoms with Crippen molar-refractivity contribution in [3.8, 4) is 17.0 Å². The maximum Gasteiger partial charge on any atom is 0.258 e. The number of benzene rings is 1. The first-order valence-electron chi connectivity index (χ1n) is 12.2. The number of carbonyl (C=O) groups is 1. The van der Waals surface area contributed by atoms with E-state index < -0.39 is 0 Å². The number of piperidine rings is 3. The summed E-state index contributed by atoms with van der Waals surface area (Å²) in [5.74, 6) is 2.14. The lowest BCUT2D eigenvalue weighted by atomic mass is 9.68. The van der Waals surface area contributed by atoms with Crippen molar-refractivity contribution >= 4 is 5.91 Å². The van der Waals surface area contributed by atoms with Gasteiger partial charge in [-0.3, -0.25) is 14.8 Å². The molecule has 1 aromatic carbocycles. The van der Waals surface area contributed by atoms with Crippen LogP contribution in [0.2, 0.25) is 0 Å². The molecule has 0 unspecified atom stereocenters. The molecule has 0 spiro atoms. The van der Waals surface area contributed by atoms with Crippen molar-refractivity contribution in [3.05, 3.63) is 47.7 Å². The molecule has 1 aromatic heterocycles. The van der Waals surface area contributed by atoms with Gasteiger partial charge in [-0.25, -0.2) is 0 Å². The first-order chi connectivity index (χ1) is 15.7. The van der Waals surface area contributed by atoms with Crippen molar-refractivity contribution in [2.75, 3.05) is 26.7 Å². The van der Waals surface area contributed by atoms with Crippen molar-refractivity contribution in [1.29, 1.82) is 0 Å². The van der Waals surface area contributed by atoms with Crippen LogP contribution in [0.4, 0.5) is 0 Å². The summed E-state index contributed by atoms with van der Waals surface area (Å²) in [5.41, 5.74) is 3.94. The van der Waals surface area contributed by atoms with Crippen molar-refractivity contribution in [2.45, 2.75) is 50.6 Å². The highest BCUT2D eigenvalue weighted by molar-refractivity contribution is 6.00. The predicted molar refractivity (Wildman–Crippen MR) is 124 cm³/mol. The summed E-state index contributed by atoms with van der Waals surface area (Å²) in [4.78, 5) is 18.8.